The first-order chi connectivity index (χ1) is 8.08. The fourth-order valence-corrected chi connectivity index (χ4v) is 2.69. The Morgan fingerprint density at radius 1 is 1.29 bits per heavy atom. The summed E-state index contributed by atoms with van der Waals surface area (Å²) in [5.74, 6) is 0.736. The van der Waals surface area contributed by atoms with Crippen molar-refractivity contribution in [3.05, 3.63) is 23.9 Å². The molecule has 94 valence electrons. The number of hydrogen-bond acceptors (Lipinski definition) is 6. The second-order valence-corrected chi connectivity index (χ2v) is 5.12. The van der Waals surface area contributed by atoms with Gasteiger partial charge in [-0.3, -0.25) is 0 Å². The van der Waals surface area contributed by atoms with Gasteiger partial charge >= 0.3 is 0 Å². The zero-order chi connectivity index (χ0) is 12.4. The normalized spacial score (nSPS) is 33.4. The van der Waals surface area contributed by atoms with E-state index in [-0.39, 0.29) is 0 Å². The van der Waals surface area contributed by atoms with Crippen LogP contribution < -0.4 is 4.74 Å². The van der Waals surface area contributed by atoms with Crippen molar-refractivity contribution >= 4 is 11.8 Å². The highest BCUT2D eigenvalue weighted by Crippen LogP contribution is 2.28. The third kappa shape index (κ3) is 2.90. The fraction of sp³-hybridized carbons (Fsp3) is 0.545. The number of aliphatic hydroxyl groups excluding tert-OH is 3. The Labute approximate surface area is 103 Å². The van der Waals surface area contributed by atoms with Crippen LogP contribution in [0.25, 0.3) is 0 Å². The third-order valence-corrected chi connectivity index (χ3v) is 3.79. The molecule has 2 rings (SSSR count). The van der Waals surface area contributed by atoms with Crippen LogP contribution in [0.2, 0.25) is 0 Å². The van der Waals surface area contributed by atoms with Crippen molar-refractivity contribution in [3.63, 3.8) is 0 Å². The number of pyridine rings is 1. The van der Waals surface area contributed by atoms with E-state index in [1.54, 1.807) is 6.07 Å². The molecule has 1 aliphatic rings. The van der Waals surface area contributed by atoms with Gasteiger partial charge < -0.3 is 20.1 Å². The first-order valence-corrected chi connectivity index (χ1v) is 6.39. The zero-order valence-electron chi connectivity index (χ0n) is 9.35. The van der Waals surface area contributed by atoms with Crippen molar-refractivity contribution in [2.24, 2.45) is 0 Å². The summed E-state index contributed by atoms with van der Waals surface area (Å²) in [7, 11) is 0. The molecule has 2 heterocycles. The number of aromatic nitrogens is 1. The maximum Gasteiger partial charge on any atom is 0.214 e. The number of nitrogens with zero attached hydrogens (tertiary/aromatic N) is 1. The van der Waals surface area contributed by atoms with Crippen molar-refractivity contribution in [2.45, 2.75) is 30.7 Å². The summed E-state index contributed by atoms with van der Waals surface area (Å²) in [5, 5.41) is 28.7. The van der Waals surface area contributed by atoms with Crippen LogP contribution >= 0.6 is 11.8 Å². The predicted molar refractivity (Wildman–Crippen MR) is 63.9 cm³/mol. The van der Waals surface area contributed by atoms with E-state index in [1.807, 2.05) is 19.1 Å². The van der Waals surface area contributed by atoms with Gasteiger partial charge in [-0.05, 0) is 13.0 Å². The summed E-state index contributed by atoms with van der Waals surface area (Å²) < 4.78 is 5.50. The molecule has 5 nitrogen and oxygen atoms in total. The first-order valence-electron chi connectivity index (χ1n) is 5.34. The third-order valence-electron chi connectivity index (χ3n) is 2.55. The number of ether oxygens (including phenoxy) is 1. The van der Waals surface area contributed by atoms with Gasteiger partial charge in [0.2, 0.25) is 5.88 Å². The Balaban J connectivity index is 2.04. The van der Waals surface area contributed by atoms with Gasteiger partial charge in [0, 0.05) is 17.5 Å². The van der Waals surface area contributed by atoms with Crippen molar-refractivity contribution in [1.29, 1.82) is 0 Å². The molecule has 0 aliphatic carbocycles. The zero-order valence-corrected chi connectivity index (χ0v) is 10.2. The van der Waals surface area contributed by atoms with Crippen LogP contribution in [0.1, 0.15) is 5.69 Å². The Morgan fingerprint density at radius 2 is 2.06 bits per heavy atom. The predicted octanol–water partition coefficient (Wildman–Crippen LogP) is -0.0756. The van der Waals surface area contributed by atoms with Crippen LogP contribution in [0.3, 0.4) is 0 Å². The van der Waals surface area contributed by atoms with E-state index in [0.717, 1.165) is 5.69 Å². The van der Waals surface area contributed by atoms with Crippen LogP contribution in [0, 0.1) is 6.92 Å². The maximum absolute atomic E-state index is 9.75. The minimum Gasteiger partial charge on any atom is -0.460 e. The minimum absolute atomic E-state index is 0.328. The van der Waals surface area contributed by atoms with E-state index in [9.17, 15) is 15.3 Å². The molecule has 4 atom stereocenters. The highest BCUT2D eigenvalue weighted by Gasteiger charge is 2.38. The van der Waals surface area contributed by atoms with E-state index in [1.165, 1.54) is 11.8 Å². The molecule has 17 heavy (non-hydrogen) atoms. The molecular weight excluding hydrogens is 242 g/mol. The molecule has 0 unspecified atom stereocenters. The summed E-state index contributed by atoms with van der Waals surface area (Å²) in [4.78, 5) is 4.15. The topological polar surface area (TPSA) is 82.8 Å². The Kier molecular flexibility index (Phi) is 3.88. The summed E-state index contributed by atoms with van der Waals surface area (Å²) in [6, 6.07) is 5.34. The lowest BCUT2D eigenvalue weighted by molar-refractivity contribution is -0.0791. The van der Waals surface area contributed by atoms with Crippen molar-refractivity contribution in [1.82, 2.24) is 4.98 Å². The number of thioether (sulfide) groups is 1. The first kappa shape index (κ1) is 12.6. The second kappa shape index (κ2) is 5.22. The van der Waals surface area contributed by atoms with Crippen LogP contribution in [-0.2, 0) is 0 Å². The molecule has 1 aromatic heterocycles. The summed E-state index contributed by atoms with van der Waals surface area (Å²) in [6.45, 7) is 1.84. The van der Waals surface area contributed by atoms with Gasteiger partial charge in [-0.15, -0.1) is 11.8 Å². The fourth-order valence-electron chi connectivity index (χ4n) is 1.59. The largest absolute Gasteiger partial charge is 0.460 e. The molecule has 1 aliphatic heterocycles. The summed E-state index contributed by atoms with van der Waals surface area (Å²) in [5.41, 5.74) is 0.209. The summed E-state index contributed by atoms with van der Waals surface area (Å²) in [6.07, 6.45) is -3.21. The molecule has 0 radical (unpaired) electrons. The van der Waals surface area contributed by atoms with Crippen LogP contribution in [0.15, 0.2) is 18.2 Å². The van der Waals surface area contributed by atoms with Crippen molar-refractivity contribution < 1.29 is 20.1 Å². The number of aliphatic hydroxyl groups is 3. The smallest absolute Gasteiger partial charge is 0.214 e. The average molecular weight is 257 g/mol. The molecular formula is C11H15NO4S. The van der Waals surface area contributed by atoms with Gasteiger partial charge in [0.1, 0.15) is 12.2 Å². The molecule has 0 aromatic carbocycles. The lowest BCUT2D eigenvalue weighted by Gasteiger charge is -2.34. The highest BCUT2D eigenvalue weighted by atomic mass is 32.2. The number of rotatable bonds is 2. The second-order valence-electron chi connectivity index (χ2n) is 3.99. The minimum atomic E-state index is -1.17. The van der Waals surface area contributed by atoms with Gasteiger partial charge in [-0.1, -0.05) is 6.07 Å². The highest BCUT2D eigenvalue weighted by molar-refractivity contribution is 7.99. The maximum atomic E-state index is 9.75. The van der Waals surface area contributed by atoms with E-state index in [0.29, 0.717) is 11.6 Å². The Hall–Kier alpha value is -0.820. The van der Waals surface area contributed by atoms with E-state index < -0.39 is 23.7 Å². The molecule has 1 fully saturated rings. The van der Waals surface area contributed by atoms with E-state index in [2.05, 4.69) is 4.98 Å². The van der Waals surface area contributed by atoms with Crippen molar-refractivity contribution in [3.8, 4) is 5.88 Å². The molecule has 0 bridgehead atoms. The van der Waals surface area contributed by atoms with Gasteiger partial charge in [-0.25, -0.2) is 4.98 Å². The average Bonchev–Trinajstić information content (AvgIpc) is 2.30. The molecule has 6 heteroatoms. The van der Waals surface area contributed by atoms with Crippen LogP contribution in [0.5, 0.6) is 5.88 Å². The van der Waals surface area contributed by atoms with Gasteiger partial charge in [0.05, 0.1) is 6.10 Å². The standard InChI is InChI=1S/C11H15NO4S/c1-6-3-2-4-8(12-6)16-11-10(15)9(14)7(13)5-17-11/h2-4,7,9-11,13-15H,5H2,1H3/t7-,9+,10-,11+/m1/s1. The quantitative estimate of drug-likeness (QED) is 0.687. The molecule has 0 amide bonds. The van der Waals surface area contributed by atoms with E-state index in [4.69, 9.17) is 4.74 Å². The number of hydrogen-bond donors (Lipinski definition) is 3. The lowest BCUT2D eigenvalue weighted by atomic mass is 10.1. The van der Waals surface area contributed by atoms with E-state index >= 15 is 0 Å². The molecule has 1 aromatic rings. The monoisotopic (exact) mass is 257 g/mol. The molecule has 1 saturated heterocycles. The van der Waals surface area contributed by atoms with Crippen LogP contribution in [-0.4, -0.2) is 49.8 Å². The van der Waals surface area contributed by atoms with Gasteiger partial charge in [0.15, 0.2) is 5.44 Å². The Bertz CT molecular complexity index is 389. The Morgan fingerprint density at radius 3 is 2.76 bits per heavy atom. The van der Waals surface area contributed by atoms with Crippen LogP contribution in [0.4, 0.5) is 0 Å². The number of aryl methyl sites for hydroxylation is 1. The van der Waals surface area contributed by atoms with Gasteiger partial charge in [0.25, 0.3) is 0 Å². The molecule has 3 N–H and O–H groups in total. The molecule has 0 saturated carbocycles. The lowest BCUT2D eigenvalue weighted by Crippen LogP contribution is -2.50. The van der Waals surface area contributed by atoms with Crippen molar-refractivity contribution in [2.75, 3.05) is 5.75 Å². The molecule has 0 spiro atoms. The van der Waals surface area contributed by atoms with Gasteiger partial charge in [-0.2, -0.15) is 0 Å². The SMILES string of the molecule is Cc1cccc(O[C@H]2SC[C@@H](O)[C@H](O)[C@H]2O)n1. The summed E-state index contributed by atoms with van der Waals surface area (Å²) >= 11 is 1.26.